The van der Waals surface area contributed by atoms with E-state index >= 15 is 0 Å². The summed E-state index contributed by atoms with van der Waals surface area (Å²) in [6.45, 7) is 10.4. The molecule has 0 bridgehead atoms. The average Bonchev–Trinajstić information content (AvgIpc) is 2.08. The summed E-state index contributed by atoms with van der Waals surface area (Å²) in [6.07, 6.45) is 1.38. The molecule has 0 aliphatic rings. The molecule has 0 rings (SSSR count). The highest BCUT2D eigenvalue weighted by atomic mass is 16.1. The molecule has 0 atom stereocenters. The fraction of sp³-hybridized carbons (Fsp3) is 0.889. The van der Waals surface area contributed by atoms with Crippen molar-refractivity contribution in [2.75, 3.05) is 6.54 Å². The Morgan fingerprint density at radius 3 is 1.27 bits per heavy atom. The standard InChI is InChI=1S/C5H10O.C2H7N.C2H6/c1-3-5(6)4-2;1-2-3;1-2/h3-4H2,1-2H3;2-3H2,1H3;1-2H3. The van der Waals surface area contributed by atoms with Crippen LogP contribution >= 0.6 is 0 Å². The number of rotatable bonds is 2. The Morgan fingerprint density at radius 1 is 1.09 bits per heavy atom. The van der Waals surface area contributed by atoms with Gasteiger partial charge in [0.25, 0.3) is 0 Å². The maximum absolute atomic E-state index is 10.2. The topological polar surface area (TPSA) is 43.1 Å². The number of carbonyl (C=O) groups excluding carboxylic acids is 1. The van der Waals surface area contributed by atoms with Gasteiger partial charge in [0.1, 0.15) is 5.78 Å². The molecule has 0 aromatic carbocycles. The first-order valence-corrected chi connectivity index (χ1v) is 4.44. The summed E-state index contributed by atoms with van der Waals surface area (Å²) >= 11 is 0. The molecule has 0 radical (unpaired) electrons. The van der Waals surface area contributed by atoms with Gasteiger partial charge in [-0.25, -0.2) is 0 Å². The smallest absolute Gasteiger partial charge is 0.132 e. The van der Waals surface area contributed by atoms with Gasteiger partial charge in [-0.15, -0.1) is 0 Å². The van der Waals surface area contributed by atoms with Crippen molar-refractivity contribution in [1.82, 2.24) is 0 Å². The van der Waals surface area contributed by atoms with Gasteiger partial charge in [0.05, 0.1) is 0 Å². The molecular weight excluding hydrogens is 138 g/mol. The third-order valence-corrected chi connectivity index (χ3v) is 0.789. The zero-order valence-electron chi connectivity index (χ0n) is 8.61. The summed E-state index contributed by atoms with van der Waals surface area (Å²) < 4.78 is 0. The predicted octanol–water partition coefficient (Wildman–Crippen LogP) is 2.37. The minimum atomic E-state index is 0.343. The molecule has 0 saturated heterocycles. The molecule has 0 amide bonds. The van der Waals surface area contributed by atoms with Crippen LogP contribution in [0, 0.1) is 0 Å². The Balaban J connectivity index is -0.000000109. The molecule has 2 nitrogen and oxygen atoms in total. The first-order chi connectivity index (χ1) is 5.22. The van der Waals surface area contributed by atoms with Crippen molar-refractivity contribution >= 4 is 5.78 Å². The molecule has 0 spiro atoms. The van der Waals surface area contributed by atoms with Gasteiger partial charge in [-0.2, -0.15) is 0 Å². The van der Waals surface area contributed by atoms with E-state index in [2.05, 4.69) is 0 Å². The quantitative estimate of drug-likeness (QED) is 0.675. The van der Waals surface area contributed by atoms with Crippen molar-refractivity contribution in [2.24, 2.45) is 5.73 Å². The second kappa shape index (κ2) is 22.6. The normalized spacial score (nSPS) is 6.73. The maximum atomic E-state index is 10.2. The van der Waals surface area contributed by atoms with E-state index in [-0.39, 0.29) is 0 Å². The number of carbonyl (C=O) groups is 1. The summed E-state index contributed by atoms with van der Waals surface area (Å²) in [5.74, 6) is 0.343. The van der Waals surface area contributed by atoms with Gasteiger partial charge in [-0.05, 0) is 6.54 Å². The van der Waals surface area contributed by atoms with Gasteiger partial charge >= 0.3 is 0 Å². The van der Waals surface area contributed by atoms with Gasteiger partial charge in [-0.3, -0.25) is 4.79 Å². The molecule has 0 aliphatic heterocycles. The Morgan fingerprint density at radius 2 is 1.27 bits per heavy atom. The number of hydrogen-bond donors (Lipinski definition) is 1. The monoisotopic (exact) mass is 161 g/mol. The first kappa shape index (κ1) is 16.9. The Kier molecular flexibility index (Phi) is 34.8. The van der Waals surface area contributed by atoms with Crippen LogP contribution < -0.4 is 5.73 Å². The van der Waals surface area contributed by atoms with Crippen molar-refractivity contribution in [1.29, 1.82) is 0 Å². The fourth-order valence-corrected chi connectivity index (χ4v) is 0.250. The van der Waals surface area contributed by atoms with Gasteiger partial charge < -0.3 is 5.73 Å². The molecule has 0 fully saturated rings. The van der Waals surface area contributed by atoms with Crippen LogP contribution in [-0.2, 0) is 4.79 Å². The van der Waals surface area contributed by atoms with E-state index in [1.165, 1.54) is 0 Å². The summed E-state index contributed by atoms with van der Waals surface area (Å²) in [5.41, 5.74) is 4.85. The van der Waals surface area contributed by atoms with Gasteiger partial charge in [0, 0.05) is 12.8 Å². The van der Waals surface area contributed by atoms with E-state index in [0.717, 1.165) is 6.54 Å². The van der Waals surface area contributed by atoms with E-state index in [1.54, 1.807) is 0 Å². The molecule has 0 saturated carbocycles. The van der Waals surface area contributed by atoms with Crippen LogP contribution in [0.4, 0.5) is 0 Å². The van der Waals surface area contributed by atoms with E-state index in [9.17, 15) is 4.79 Å². The third-order valence-electron chi connectivity index (χ3n) is 0.789. The lowest BCUT2D eigenvalue weighted by Gasteiger charge is -1.81. The second-order valence-electron chi connectivity index (χ2n) is 1.65. The highest BCUT2D eigenvalue weighted by Crippen LogP contribution is 1.82. The minimum Gasteiger partial charge on any atom is -0.331 e. The summed E-state index contributed by atoms with van der Waals surface area (Å²) in [5, 5.41) is 0. The lowest BCUT2D eigenvalue weighted by Crippen LogP contribution is -1.88. The molecular formula is C9H23NO. The fourth-order valence-electron chi connectivity index (χ4n) is 0.250. The highest BCUT2D eigenvalue weighted by Gasteiger charge is 1.86. The van der Waals surface area contributed by atoms with Crippen LogP contribution in [0.3, 0.4) is 0 Å². The summed E-state index contributed by atoms with van der Waals surface area (Å²) in [6, 6.07) is 0. The van der Waals surface area contributed by atoms with E-state index < -0.39 is 0 Å². The van der Waals surface area contributed by atoms with Crippen LogP contribution in [0.15, 0.2) is 0 Å². The molecule has 0 heterocycles. The lowest BCUT2D eigenvalue weighted by atomic mass is 10.3. The first-order valence-electron chi connectivity index (χ1n) is 4.44. The zero-order chi connectivity index (χ0) is 9.70. The lowest BCUT2D eigenvalue weighted by molar-refractivity contribution is -0.118. The van der Waals surface area contributed by atoms with E-state index in [0.29, 0.717) is 18.6 Å². The van der Waals surface area contributed by atoms with Crippen molar-refractivity contribution in [3.05, 3.63) is 0 Å². The summed E-state index contributed by atoms with van der Waals surface area (Å²) in [7, 11) is 0. The Bertz CT molecular complexity index is 56.6. The third kappa shape index (κ3) is 42.5. The Hall–Kier alpha value is -0.370. The number of nitrogens with two attached hydrogens (primary N) is 1. The molecule has 2 heteroatoms. The number of ketones is 1. The maximum Gasteiger partial charge on any atom is 0.132 e. The van der Waals surface area contributed by atoms with Crippen LogP contribution in [0.5, 0.6) is 0 Å². The van der Waals surface area contributed by atoms with Crippen molar-refractivity contribution in [3.63, 3.8) is 0 Å². The molecule has 0 aliphatic carbocycles. The molecule has 70 valence electrons. The van der Waals surface area contributed by atoms with Crippen LogP contribution in [0.1, 0.15) is 47.5 Å². The van der Waals surface area contributed by atoms with Gasteiger partial charge in [0.2, 0.25) is 0 Å². The Labute approximate surface area is 71.2 Å². The highest BCUT2D eigenvalue weighted by molar-refractivity contribution is 5.77. The predicted molar refractivity (Wildman–Crippen MR) is 51.7 cm³/mol. The van der Waals surface area contributed by atoms with E-state index in [4.69, 9.17) is 5.73 Å². The second-order valence-corrected chi connectivity index (χ2v) is 1.65. The number of hydrogen-bond acceptors (Lipinski definition) is 2. The minimum absolute atomic E-state index is 0.343. The molecule has 0 unspecified atom stereocenters. The average molecular weight is 161 g/mol. The van der Waals surface area contributed by atoms with Crippen molar-refractivity contribution in [2.45, 2.75) is 47.5 Å². The van der Waals surface area contributed by atoms with Crippen LogP contribution in [0.25, 0.3) is 0 Å². The molecule has 2 N–H and O–H groups in total. The SMILES string of the molecule is CC.CCC(=O)CC.CCN. The van der Waals surface area contributed by atoms with Crippen molar-refractivity contribution in [3.8, 4) is 0 Å². The largest absolute Gasteiger partial charge is 0.331 e. The van der Waals surface area contributed by atoms with Gasteiger partial charge in [-0.1, -0.05) is 34.6 Å². The molecule has 0 aromatic rings. The van der Waals surface area contributed by atoms with Gasteiger partial charge in [0.15, 0.2) is 0 Å². The van der Waals surface area contributed by atoms with Crippen LogP contribution in [0.2, 0.25) is 0 Å². The van der Waals surface area contributed by atoms with Crippen LogP contribution in [-0.4, -0.2) is 12.3 Å². The molecule has 0 aromatic heterocycles. The molecule has 11 heavy (non-hydrogen) atoms. The summed E-state index contributed by atoms with van der Waals surface area (Å²) in [4.78, 5) is 10.2. The zero-order valence-corrected chi connectivity index (χ0v) is 8.61. The van der Waals surface area contributed by atoms with Crippen molar-refractivity contribution < 1.29 is 4.79 Å². The van der Waals surface area contributed by atoms with E-state index in [1.807, 2.05) is 34.6 Å². The number of Topliss-reactive ketones (excluding diaryl/α,β-unsaturated/α-hetero) is 1.